The number of nitrogens with one attached hydrogen (secondary N) is 2. The van der Waals surface area contributed by atoms with Crippen LogP contribution in [0.5, 0.6) is 11.5 Å². The second-order valence-corrected chi connectivity index (χ2v) is 6.19. The Hall–Kier alpha value is -1.95. The van der Waals surface area contributed by atoms with Gasteiger partial charge < -0.3 is 24.8 Å². The van der Waals surface area contributed by atoms with Gasteiger partial charge in [-0.1, -0.05) is 31.7 Å². The second kappa shape index (κ2) is 11.6. The molecule has 1 aromatic rings. The molecule has 1 saturated carbocycles. The smallest absolute Gasteiger partial charge is 0.314 e. The molecule has 0 unspecified atom stereocenters. The minimum absolute atomic E-state index is 0.196. The fourth-order valence-corrected chi connectivity index (χ4v) is 2.89. The minimum Gasteiger partial charge on any atom is -0.497 e. The van der Waals surface area contributed by atoms with Gasteiger partial charge in [-0.2, -0.15) is 0 Å². The van der Waals surface area contributed by atoms with Crippen LogP contribution in [0.25, 0.3) is 0 Å². The number of amides is 2. The molecule has 1 aromatic carbocycles. The van der Waals surface area contributed by atoms with E-state index < -0.39 is 0 Å². The highest BCUT2D eigenvalue weighted by Crippen LogP contribution is 2.19. The van der Waals surface area contributed by atoms with Gasteiger partial charge in [-0.05, 0) is 25.0 Å². The standard InChI is InChI=1S/C19H30N2O4/c1-23-17-9-6-10-18(15-17)25-14-12-21-19(22)20-11-13-24-16-7-4-2-3-5-8-16/h6,9-10,15-16H,2-5,7-8,11-14H2,1H3,(H2,20,21,22). The van der Waals surface area contributed by atoms with Gasteiger partial charge in [0.15, 0.2) is 0 Å². The fourth-order valence-electron chi connectivity index (χ4n) is 2.89. The lowest BCUT2D eigenvalue weighted by atomic mass is 10.1. The first-order chi connectivity index (χ1) is 12.3. The van der Waals surface area contributed by atoms with Crippen LogP contribution >= 0.6 is 0 Å². The van der Waals surface area contributed by atoms with Gasteiger partial charge in [0.05, 0.1) is 26.4 Å². The van der Waals surface area contributed by atoms with E-state index >= 15 is 0 Å². The van der Waals surface area contributed by atoms with E-state index in [9.17, 15) is 4.79 Å². The molecule has 0 saturated heterocycles. The van der Waals surface area contributed by atoms with Crippen LogP contribution < -0.4 is 20.1 Å². The van der Waals surface area contributed by atoms with Crippen LogP contribution in [0.2, 0.25) is 0 Å². The number of rotatable bonds is 9. The van der Waals surface area contributed by atoms with E-state index in [-0.39, 0.29) is 6.03 Å². The highest BCUT2D eigenvalue weighted by Gasteiger charge is 2.12. The first kappa shape index (κ1) is 19.4. The Balaban J connectivity index is 1.49. The molecule has 25 heavy (non-hydrogen) atoms. The average Bonchev–Trinajstić information content (AvgIpc) is 2.91. The van der Waals surface area contributed by atoms with Gasteiger partial charge in [-0.3, -0.25) is 0 Å². The molecule has 1 aliphatic rings. The van der Waals surface area contributed by atoms with Crippen molar-refractivity contribution in [2.75, 3.05) is 33.4 Å². The quantitative estimate of drug-likeness (QED) is 0.530. The van der Waals surface area contributed by atoms with E-state index in [4.69, 9.17) is 14.2 Å². The van der Waals surface area contributed by atoms with Crippen molar-refractivity contribution in [1.82, 2.24) is 10.6 Å². The van der Waals surface area contributed by atoms with Gasteiger partial charge in [0, 0.05) is 12.6 Å². The van der Waals surface area contributed by atoms with Crippen molar-refractivity contribution >= 4 is 6.03 Å². The molecule has 0 aromatic heterocycles. The van der Waals surface area contributed by atoms with E-state index in [2.05, 4.69) is 10.6 Å². The maximum absolute atomic E-state index is 11.7. The molecule has 0 bridgehead atoms. The van der Waals surface area contributed by atoms with E-state index in [1.807, 2.05) is 24.3 Å². The lowest BCUT2D eigenvalue weighted by Crippen LogP contribution is -2.39. The first-order valence-corrected chi connectivity index (χ1v) is 9.18. The van der Waals surface area contributed by atoms with Crippen molar-refractivity contribution in [3.05, 3.63) is 24.3 Å². The summed E-state index contributed by atoms with van der Waals surface area (Å²) in [4.78, 5) is 11.7. The Morgan fingerprint density at radius 2 is 1.72 bits per heavy atom. The van der Waals surface area contributed by atoms with Crippen molar-refractivity contribution in [3.63, 3.8) is 0 Å². The molecular weight excluding hydrogens is 320 g/mol. The Labute approximate surface area is 150 Å². The number of methoxy groups -OCH3 is 1. The highest BCUT2D eigenvalue weighted by atomic mass is 16.5. The molecule has 0 radical (unpaired) electrons. The molecule has 2 N–H and O–H groups in total. The SMILES string of the molecule is COc1cccc(OCCNC(=O)NCCOC2CCCCCC2)c1. The molecule has 0 atom stereocenters. The van der Waals surface area contributed by atoms with Crippen LogP contribution in [-0.2, 0) is 4.74 Å². The molecule has 1 aliphatic carbocycles. The summed E-state index contributed by atoms with van der Waals surface area (Å²) in [7, 11) is 1.62. The second-order valence-electron chi connectivity index (χ2n) is 6.19. The number of carbonyl (C=O) groups excluding carboxylic acids is 1. The predicted molar refractivity (Wildman–Crippen MR) is 97.3 cm³/mol. The molecule has 0 spiro atoms. The lowest BCUT2D eigenvalue weighted by molar-refractivity contribution is 0.0460. The molecule has 1 fully saturated rings. The van der Waals surface area contributed by atoms with Crippen LogP contribution in [0.1, 0.15) is 38.5 Å². The Morgan fingerprint density at radius 1 is 1.04 bits per heavy atom. The van der Waals surface area contributed by atoms with Crippen LogP contribution in [-0.4, -0.2) is 45.5 Å². The Morgan fingerprint density at radius 3 is 2.44 bits per heavy atom. The largest absolute Gasteiger partial charge is 0.497 e. The topological polar surface area (TPSA) is 68.8 Å². The van der Waals surface area contributed by atoms with Gasteiger partial charge in [0.2, 0.25) is 0 Å². The summed E-state index contributed by atoms with van der Waals surface area (Å²) in [6.45, 7) is 1.93. The number of carbonyl (C=O) groups is 1. The predicted octanol–water partition coefficient (Wildman–Crippen LogP) is 3.11. The monoisotopic (exact) mass is 350 g/mol. The number of benzene rings is 1. The zero-order valence-corrected chi connectivity index (χ0v) is 15.1. The fraction of sp³-hybridized carbons (Fsp3) is 0.632. The number of hydrogen-bond acceptors (Lipinski definition) is 4. The molecule has 140 valence electrons. The number of urea groups is 1. The van der Waals surface area contributed by atoms with Gasteiger partial charge in [0.25, 0.3) is 0 Å². The van der Waals surface area contributed by atoms with Crippen molar-refractivity contribution < 1.29 is 19.0 Å². The van der Waals surface area contributed by atoms with Crippen molar-refractivity contribution in [1.29, 1.82) is 0 Å². The maximum Gasteiger partial charge on any atom is 0.314 e. The van der Waals surface area contributed by atoms with E-state index in [1.54, 1.807) is 7.11 Å². The molecule has 6 nitrogen and oxygen atoms in total. The summed E-state index contributed by atoms with van der Waals surface area (Å²) < 4.78 is 16.5. The molecule has 0 heterocycles. The Kier molecular flexibility index (Phi) is 8.97. The third kappa shape index (κ3) is 8.12. The third-order valence-corrected chi connectivity index (χ3v) is 4.24. The van der Waals surface area contributed by atoms with E-state index in [1.165, 1.54) is 25.7 Å². The van der Waals surface area contributed by atoms with E-state index in [0.29, 0.717) is 32.4 Å². The summed E-state index contributed by atoms with van der Waals surface area (Å²) in [5, 5.41) is 5.57. The van der Waals surface area contributed by atoms with Crippen molar-refractivity contribution in [3.8, 4) is 11.5 Å². The average molecular weight is 350 g/mol. The lowest BCUT2D eigenvalue weighted by Gasteiger charge is -2.15. The van der Waals surface area contributed by atoms with Gasteiger partial charge in [-0.15, -0.1) is 0 Å². The first-order valence-electron chi connectivity index (χ1n) is 9.18. The highest BCUT2D eigenvalue weighted by molar-refractivity contribution is 5.73. The third-order valence-electron chi connectivity index (χ3n) is 4.24. The summed E-state index contributed by atoms with van der Waals surface area (Å²) >= 11 is 0. The summed E-state index contributed by atoms with van der Waals surface area (Å²) in [6.07, 6.45) is 7.80. The maximum atomic E-state index is 11.7. The van der Waals surface area contributed by atoms with Crippen LogP contribution in [0, 0.1) is 0 Å². The molecule has 0 aliphatic heterocycles. The van der Waals surface area contributed by atoms with Crippen LogP contribution in [0.3, 0.4) is 0 Å². The molecule has 6 heteroatoms. The van der Waals surface area contributed by atoms with Gasteiger partial charge in [0.1, 0.15) is 18.1 Å². The van der Waals surface area contributed by atoms with Crippen LogP contribution in [0.15, 0.2) is 24.3 Å². The summed E-state index contributed by atoms with van der Waals surface area (Å²) in [5.74, 6) is 1.47. The zero-order chi connectivity index (χ0) is 17.7. The zero-order valence-electron chi connectivity index (χ0n) is 15.1. The van der Waals surface area contributed by atoms with Crippen molar-refractivity contribution in [2.24, 2.45) is 0 Å². The summed E-state index contributed by atoms with van der Waals surface area (Å²) in [6, 6.07) is 7.19. The normalized spacial score (nSPS) is 15.2. The number of hydrogen-bond donors (Lipinski definition) is 2. The summed E-state index contributed by atoms with van der Waals surface area (Å²) in [5.41, 5.74) is 0. The van der Waals surface area contributed by atoms with Gasteiger partial charge >= 0.3 is 6.03 Å². The Bertz CT molecular complexity index is 502. The molecule has 2 rings (SSSR count). The molecule has 2 amide bonds. The van der Waals surface area contributed by atoms with E-state index in [0.717, 1.165) is 24.3 Å². The number of ether oxygens (including phenoxy) is 3. The molecular formula is C19H30N2O4. The van der Waals surface area contributed by atoms with Gasteiger partial charge in [-0.25, -0.2) is 4.79 Å². The van der Waals surface area contributed by atoms with Crippen molar-refractivity contribution in [2.45, 2.75) is 44.6 Å². The van der Waals surface area contributed by atoms with Crippen LogP contribution in [0.4, 0.5) is 4.79 Å². The minimum atomic E-state index is -0.196.